The van der Waals surface area contributed by atoms with Crippen molar-refractivity contribution in [2.24, 2.45) is 0 Å². The number of nitrogens with one attached hydrogen (secondary N) is 3. The summed E-state index contributed by atoms with van der Waals surface area (Å²) < 4.78 is 244. The number of nitrogens with zero attached hydrogens (tertiary/aromatic N) is 3. The Morgan fingerprint density at radius 2 is 0.530 bits per heavy atom. The average molecular weight is 1970 g/mol. The van der Waals surface area contributed by atoms with Crippen molar-refractivity contribution in [1.29, 1.82) is 0 Å². The number of amides is 3. The second-order valence-electron chi connectivity index (χ2n) is 33.5. The first-order valence-electron chi connectivity index (χ1n) is 42.7. The quantitative estimate of drug-likeness (QED) is 0.0180. The number of hydrogen-bond donors (Lipinski definition) is 6. The molecule has 3 saturated heterocycles. The highest BCUT2D eigenvalue weighted by molar-refractivity contribution is 7.89. The average Bonchev–Trinajstić information content (AvgIpc) is 1.32. The van der Waals surface area contributed by atoms with Crippen molar-refractivity contribution in [3.05, 3.63) is 391 Å². The van der Waals surface area contributed by atoms with Gasteiger partial charge in [0.25, 0.3) is 17.7 Å². The molecule has 6 N–H and O–H groups in total. The van der Waals surface area contributed by atoms with Crippen LogP contribution in [-0.4, -0.2) is 144 Å². The maximum atomic E-state index is 19.4. The third kappa shape index (κ3) is 21.8. The molecule has 3 aliphatic rings. The molecular weight excluding hydrogens is 1880 g/mol. The van der Waals surface area contributed by atoms with Gasteiger partial charge in [-0.05, 0) is 220 Å². The SMILES string of the molecule is O=C(Nc1ccc(F)c(Cl)c1)c1ccc(F)c(S(=O)(=O)N2CC(O)CCC(OP(=O)(OC3CCC(O)CN(S(=O)(=O)c4cc(C(=O)Nc5ccc(F)c(Cl)c5)ccc4F)C3(Cc3ccccc3)Cc3ccccc3)OC3CCC(O)CN(S(=O)(=O)c4cc(C(=O)Nc5ccc(F)c(Cl)c5)ccc4F)C3(Cc3ccccc3)Cc3ccccc3)C2(Cc2ccccc2)Cc2ccccc2)c1. The second kappa shape index (κ2) is 41.4. The Bertz CT molecular complexity index is 5960. The number of aliphatic hydroxyl groups is 3. The van der Waals surface area contributed by atoms with E-state index in [1.54, 1.807) is 182 Å². The van der Waals surface area contributed by atoms with Gasteiger partial charge < -0.3 is 31.3 Å². The number of carbonyl (C=O) groups excluding carboxylic acids is 3. The Labute approximate surface area is 786 Å². The molecule has 0 saturated carbocycles. The molecule has 12 aromatic rings. The molecule has 15 rings (SSSR count). The van der Waals surface area contributed by atoms with Crippen LogP contribution in [-0.2, 0) is 86.7 Å². The number of benzene rings is 12. The summed E-state index contributed by atoms with van der Waals surface area (Å²) in [6.07, 6.45) is -18.2. The fourth-order valence-electron chi connectivity index (χ4n) is 18.0. The lowest BCUT2D eigenvalue weighted by atomic mass is 9.79. The van der Waals surface area contributed by atoms with E-state index in [1.165, 1.54) is 18.2 Å². The van der Waals surface area contributed by atoms with Crippen molar-refractivity contribution in [3.8, 4) is 0 Å². The Morgan fingerprint density at radius 1 is 0.321 bits per heavy atom. The number of halogens is 9. The number of hydrogen-bond acceptors (Lipinski definition) is 16. The number of anilines is 3. The number of aliphatic hydroxyl groups excluding tert-OH is 3. The molecule has 134 heavy (non-hydrogen) atoms. The van der Waals surface area contributed by atoms with Crippen LogP contribution < -0.4 is 16.0 Å². The van der Waals surface area contributed by atoms with Gasteiger partial charge in [0.1, 0.15) is 49.6 Å². The molecule has 3 heterocycles. The first-order chi connectivity index (χ1) is 64.0. The zero-order valence-electron chi connectivity index (χ0n) is 71.3. The summed E-state index contributed by atoms with van der Waals surface area (Å²) in [6.45, 7) is -2.81. The van der Waals surface area contributed by atoms with E-state index in [2.05, 4.69) is 16.0 Å². The largest absolute Gasteiger partial charge is 0.475 e. The highest BCUT2D eigenvalue weighted by Gasteiger charge is 2.62. The number of phosphoric acid groups is 1. The van der Waals surface area contributed by atoms with Gasteiger partial charge in [-0.15, -0.1) is 0 Å². The topological polar surface area (TPSA) is 305 Å². The van der Waals surface area contributed by atoms with Crippen LogP contribution in [0.5, 0.6) is 0 Å². The number of sulfonamides is 3. The highest BCUT2D eigenvalue weighted by atomic mass is 35.5. The van der Waals surface area contributed by atoms with Gasteiger partial charge in [-0.3, -0.25) is 28.0 Å². The van der Waals surface area contributed by atoms with Crippen molar-refractivity contribution in [2.45, 2.75) is 145 Å². The lowest BCUT2D eigenvalue weighted by Crippen LogP contribution is -2.63. The van der Waals surface area contributed by atoms with Crippen molar-refractivity contribution < 1.29 is 99.4 Å². The zero-order chi connectivity index (χ0) is 95.1. The van der Waals surface area contributed by atoms with Crippen LogP contribution in [0.4, 0.5) is 43.4 Å². The van der Waals surface area contributed by atoms with Crippen LogP contribution in [0, 0.1) is 34.9 Å². The summed E-state index contributed by atoms with van der Waals surface area (Å²) in [5.41, 5.74) is -7.13. The van der Waals surface area contributed by atoms with E-state index < -0.39 is 287 Å². The minimum absolute atomic E-state index is 0.0583. The highest BCUT2D eigenvalue weighted by Crippen LogP contribution is 2.62. The van der Waals surface area contributed by atoms with E-state index in [0.29, 0.717) is 51.6 Å². The van der Waals surface area contributed by atoms with Crippen molar-refractivity contribution in [2.75, 3.05) is 35.6 Å². The van der Waals surface area contributed by atoms with Crippen molar-refractivity contribution >= 4 is 107 Å². The van der Waals surface area contributed by atoms with Gasteiger partial charge in [0.2, 0.25) is 30.1 Å². The normalized spacial score (nSPS) is 19.5. The predicted molar refractivity (Wildman–Crippen MR) is 496 cm³/mol. The Hall–Kier alpha value is -10.8. The molecular formula is C99H90Cl3F6N6O16PS3. The monoisotopic (exact) mass is 1960 g/mol. The van der Waals surface area contributed by atoms with E-state index >= 15 is 43.0 Å². The minimum atomic E-state index is -6.46. The zero-order valence-corrected chi connectivity index (χ0v) is 77.0. The predicted octanol–water partition coefficient (Wildman–Crippen LogP) is 19.0. The van der Waals surface area contributed by atoms with E-state index in [1.807, 2.05) is 0 Å². The molecule has 0 spiro atoms. The second-order valence-corrected chi connectivity index (χ2v) is 41.7. The molecule has 0 aromatic heterocycles. The molecule has 22 nitrogen and oxygen atoms in total. The molecule has 35 heteroatoms. The molecule has 3 fully saturated rings. The summed E-state index contributed by atoms with van der Waals surface area (Å²) >= 11 is 18.4. The molecule has 0 bridgehead atoms. The molecule has 3 aliphatic heterocycles. The number of rotatable bonds is 30. The van der Waals surface area contributed by atoms with Gasteiger partial charge in [0.15, 0.2) is 0 Å². The lowest BCUT2D eigenvalue weighted by molar-refractivity contribution is -0.0632. The molecule has 12 aromatic carbocycles. The van der Waals surface area contributed by atoms with E-state index in [9.17, 15) is 42.9 Å². The molecule has 6 atom stereocenters. The maximum Gasteiger partial charge on any atom is 0.475 e. The summed E-state index contributed by atoms with van der Waals surface area (Å²) in [5, 5.41) is 44.8. The van der Waals surface area contributed by atoms with Gasteiger partial charge in [-0.1, -0.05) is 217 Å². The van der Waals surface area contributed by atoms with Gasteiger partial charge in [0.05, 0.1) is 68.3 Å². The molecule has 0 radical (unpaired) electrons. The Kier molecular flexibility index (Phi) is 30.2. The summed E-state index contributed by atoms with van der Waals surface area (Å²) in [7, 11) is -23.6. The number of β-amino-alcohol motifs (C(OH)–C–C–N with tert-alkyl or cyclic N) is 3. The molecule has 698 valence electrons. The summed E-state index contributed by atoms with van der Waals surface area (Å²) in [4.78, 5) is 39.9. The third-order valence-electron chi connectivity index (χ3n) is 24.4. The Morgan fingerprint density at radius 3 is 0.739 bits per heavy atom. The minimum Gasteiger partial charge on any atom is -0.392 e. The van der Waals surface area contributed by atoms with Crippen LogP contribution in [0.3, 0.4) is 0 Å². The number of phosphoric ester groups is 1. The summed E-state index contributed by atoms with van der Waals surface area (Å²) in [6, 6.07) is 65.9. The Balaban J connectivity index is 0.996. The van der Waals surface area contributed by atoms with Gasteiger partial charge in [-0.2, -0.15) is 12.9 Å². The fraction of sp³-hybridized carbons (Fsp3) is 0.242. The van der Waals surface area contributed by atoms with E-state index in [4.69, 9.17) is 48.4 Å². The van der Waals surface area contributed by atoms with Crippen LogP contribution in [0.2, 0.25) is 15.1 Å². The third-order valence-corrected chi connectivity index (χ3v) is 32.7. The van der Waals surface area contributed by atoms with Crippen molar-refractivity contribution in [3.63, 3.8) is 0 Å². The van der Waals surface area contributed by atoms with E-state index in [-0.39, 0.29) is 17.1 Å². The van der Waals surface area contributed by atoms with Crippen LogP contribution in [0.1, 0.15) is 103 Å². The molecule has 0 aliphatic carbocycles. The standard InChI is InChI=1S/C99H90Cl3F6N6O16PS3/c100-79-52-73(34-43-82(79)103)109-94(118)70-31-40-85(106)88(49-70)132(122,123)112-61-76(115)37-46-91(97(112,55-64-19-7-1-8-20-64)56-65-21-9-2-10-22-65)128-131(121,129-92-47-38-77(116)62-113(98(92,57-66-23-11-3-12-24-66)58-67-25-13-4-14-26-67)133(124,125)89-50-71(32-41-86(89)107)95(119)110-74-35-44-83(104)80(101)53-74)130-93-48-39-78(117)63-114(99(93,59-68-27-15-5-16-28-68)60-69-29-17-6-18-30-69)134(126,127)90-51-72(33-42-87(90)108)96(120)111-75-36-45-84(105)81(102)54-75/h1-36,40-45,49-54,76-78,91-93,115-117H,37-39,46-48,55-63H2,(H,109,118)(H,110,119)(H,111,120). The van der Waals surface area contributed by atoms with Gasteiger partial charge in [-0.25, -0.2) is 56.2 Å². The lowest BCUT2D eigenvalue weighted by Gasteiger charge is -2.50. The van der Waals surface area contributed by atoms with Crippen LogP contribution in [0.15, 0.2) is 306 Å². The van der Waals surface area contributed by atoms with Crippen LogP contribution in [0.25, 0.3) is 0 Å². The maximum absolute atomic E-state index is 19.4. The fourth-order valence-corrected chi connectivity index (χ4v) is 26.3. The first-order valence-corrected chi connectivity index (χ1v) is 49.6. The number of carbonyl (C=O) groups is 3. The first kappa shape index (κ1) is 97.8. The summed E-state index contributed by atoms with van der Waals surface area (Å²) in [5.74, 6) is -9.95. The molecule has 6 unspecified atom stereocenters. The van der Waals surface area contributed by atoms with E-state index in [0.717, 1.165) is 85.7 Å². The molecule has 3 amide bonds. The van der Waals surface area contributed by atoms with Crippen molar-refractivity contribution in [1.82, 2.24) is 12.9 Å². The van der Waals surface area contributed by atoms with Crippen LogP contribution >= 0.6 is 42.6 Å². The van der Waals surface area contributed by atoms with Gasteiger partial charge >= 0.3 is 7.82 Å². The smallest absolute Gasteiger partial charge is 0.392 e. The van der Waals surface area contributed by atoms with Gasteiger partial charge in [0, 0.05) is 53.4 Å².